The zero-order valence-electron chi connectivity index (χ0n) is 35.3. The molecule has 1 unspecified atom stereocenters. The molecule has 2 nitrogen and oxygen atoms in total. The van der Waals surface area contributed by atoms with Crippen LogP contribution in [0.5, 0.6) is 0 Å². The molecule has 0 radical (unpaired) electrons. The summed E-state index contributed by atoms with van der Waals surface area (Å²) >= 11 is 0. The standard InChI is InChI=1S/C61H44N2Si/c1-6-23-44(24-7-1)50-33-16-19-36-54(50)62-56-38-21-18-35-52(56)60-53-43-49(64(46-27-10-3-11-28-46,47-29-12-4-13-30-47)48-31-14-5-15-32-48)41-42-57(53)63(59-40-22-39-58(62)61(59)60)55-37-20-17-34-51(55)45-25-8-2-9-26-45/h1-43,60H. The van der Waals surface area contributed by atoms with Crippen molar-refractivity contribution in [2.75, 3.05) is 9.80 Å². The third-order valence-corrected chi connectivity index (χ3v) is 18.2. The Hall–Kier alpha value is -7.98. The SMILES string of the molecule is c1ccc(-c2ccccc2N2c3ccccc3C3c4cc([Si](c5ccccc5)(c5ccccc5)c5ccccc5)ccc4N(c4ccccc4-c4ccccc4)c4cccc2c43)cc1. The third kappa shape index (κ3) is 5.93. The molecule has 0 saturated carbocycles. The van der Waals surface area contributed by atoms with Gasteiger partial charge < -0.3 is 9.80 Å². The minimum atomic E-state index is -2.89. The van der Waals surface area contributed by atoms with Crippen LogP contribution in [0.25, 0.3) is 22.3 Å². The number of benzene rings is 10. The van der Waals surface area contributed by atoms with E-state index in [-0.39, 0.29) is 5.92 Å². The fourth-order valence-electron chi connectivity index (χ4n) is 10.8. The van der Waals surface area contributed by atoms with Crippen molar-refractivity contribution in [2.24, 2.45) is 0 Å². The maximum Gasteiger partial charge on any atom is 0.179 e. The first-order valence-corrected chi connectivity index (χ1v) is 24.2. The molecule has 0 fully saturated rings. The summed E-state index contributed by atoms with van der Waals surface area (Å²) in [4.78, 5) is 5.09. The minimum Gasteiger partial charge on any atom is -0.309 e. The van der Waals surface area contributed by atoms with E-state index in [1.54, 1.807) is 0 Å². The highest BCUT2D eigenvalue weighted by Crippen LogP contribution is 2.61. The number of rotatable bonds is 8. The van der Waals surface area contributed by atoms with Crippen LogP contribution in [0, 0.1) is 0 Å². The molecular formula is C61H44N2Si. The Labute approximate surface area is 376 Å². The van der Waals surface area contributed by atoms with Crippen LogP contribution < -0.4 is 30.5 Å². The van der Waals surface area contributed by atoms with Gasteiger partial charge in [0.25, 0.3) is 0 Å². The van der Waals surface area contributed by atoms with E-state index >= 15 is 0 Å². The van der Waals surface area contributed by atoms with Crippen molar-refractivity contribution < 1.29 is 0 Å². The molecule has 64 heavy (non-hydrogen) atoms. The van der Waals surface area contributed by atoms with Crippen LogP contribution >= 0.6 is 0 Å². The van der Waals surface area contributed by atoms with Crippen molar-refractivity contribution in [3.63, 3.8) is 0 Å². The van der Waals surface area contributed by atoms with Gasteiger partial charge >= 0.3 is 0 Å². The molecule has 0 N–H and O–H groups in total. The average Bonchev–Trinajstić information content (AvgIpc) is 3.38. The second-order valence-electron chi connectivity index (χ2n) is 16.8. The van der Waals surface area contributed by atoms with E-state index in [1.165, 1.54) is 82.4 Å². The van der Waals surface area contributed by atoms with Gasteiger partial charge in [-0.15, -0.1) is 0 Å². The molecule has 0 amide bonds. The number of hydrogen-bond acceptors (Lipinski definition) is 2. The van der Waals surface area contributed by atoms with Gasteiger partial charge in [0, 0.05) is 22.6 Å². The largest absolute Gasteiger partial charge is 0.309 e. The lowest BCUT2D eigenvalue weighted by molar-refractivity contribution is 0.910. The van der Waals surface area contributed by atoms with E-state index in [9.17, 15) is 0 Å². The minimum absolute atomic E-state index is 0.0355. The van der Waals surface area contributed by atoms with E-state index in [4.69, 9.17) is 0 Å². The molecule has 0 aliphatic carbocycles. The van der Waals surface area contributed by atoms with Crippen molar-refractivity contribution in [3.8, 4) is 22.3 Å². The van der Waals surface area contributed by atoms with E-state index in [0.29, 0.717) is 0 Å². The molecule has 10 aromatic rings. The highest BCUT2D eigenvalue weighted by atomic mass is 28.3. The molecule has 2 aliphatic heterocycles. The van der Waals surface area contributed by atoms with Crippen molar-refractivity contribution in [2.45, 2.75) is 5.92 Å². The van der Waals surface area contributed by atoms with Crippen LogP contribution in [0.2, 0.25) is 0 Å². The summed E-state index contributed by atoms with van der Waals surface area (Å²) in [6.45, 7) is 0. The lowest BCUT2D eigenvalue weighted by atomic mass is 9.75. The van der Waals surface area contributed by atoms with Crippen LogP contribution in [0.15, 0.2) is 261 Å². The maximum absolute atomic E-state index is 2.89. The van der Waals surface area contributed by atoms with Crippen LogP contribution in [0.3, 0.4) is 0 Å². The van der Waals surface area contributed by atoms with Crippen molar-refractivity contribution in [1.29, 1.82) is 0 Å². The molecule has 3 heteroatoms. The molecule has 0 saturated heterocycles. The van der Waals surface area contributed by atoms with Crippen LogP contribution in [-0.2, 0) is 0 Å². The van der Waals surface area contributed by atoms with Crippen LogP contribution in [-0.4, -0.2) is 8.07 Å². The predicted molar refractivity (Wildman–Crippen MR) is 271 cm³/mol. The first-order chi connectivity index (χ1) is 31.8. The summed E-state index contributed by atoms with van der Waals surface area (Å²) in [7, 11) is -2.89. The van der Waals surface area contributed by atoms with Gasteiger partial charge in [0.2, 0.25) is 0 Å². The van der Waals surface area contributed by atoms with E-state index in [0.717, 1.165) is 11.4 Å². The van der Waals surface area contributed by atoms with E-state index < -0.39 is 8.07 Å². The normalized spacial score (nSPS) is 13.7. The fraction of sp³-hybridized carbons (Fsp3) is 0.0164. The van der Waals surface area contributed by atoms with E-state index in [1.807, 2.05) is 0 Å². The quantitative estimate of drug-likeness (QED) is 0.111. The Bertz CT molecular complexity index is 3170. The molecular weight excluding hydrogens is 789 g/mol. The summed E-state index contributed by atoms with van der Waals surface area (Å²) in [5.74, 6) is -0.0355. The Kier molecular flexibility index (Phi) is 9.28. The van der Waals surface area contributed by atoms with Gasteiger partial charge in [0.05, 0.1) is 34.1 Å². The molecule has 10 aromatic carbocycles. The van der Waals surface area contributed by atoms with Crippen molar-refractivity contribution >= 4 is 62.9 Å². The predicted octanol–water partition coefficient (Wildman–Crippen LogP) is 13.1. The molecule has 2 heterocycles. The Morgan fingerprint density at radius 2 is 0.641 bits per heavy atom. The molecule has 302 valence electrons. The zero-order chi connectivity index (χ0) is 42.5. The number of nitrogens with zero attached hydrogens (tertiary/aromatic N) is 2. The van der Waals surface area contributed by atoms with Crippen molar-refractivity contribution in [1.82, 2.24) is 0 Å². The van der Waals surface area contributed by atoms with Crippen molar-refractivity contribution in [3.05, 3.63) is 278 Å². The summed E-state index contributed by atoms with van der Waals surface area (Å²) in [5, 5.41) is 5.45. The summed E-state index contributed by atoms with van der Waals surface area (Å²) < 4.78 is 0. The Morgan fingerprint density at radius 3 is 1.12 bits per heavy atom. The van der Waals surface area contributed by atoms with Gasteiger partial charge in [-0.3, -0.25) is 0 Å². The lowest BCUT2D eigenvalue weighted by Crippen LogP contribution is -2.74. The molecule has 1 atom stereocenters. The fourth-order valence-corrected chi connectivity index (χ4v) is 15.6. The van der Waals surface area contributed by atoms with Gasteiger partial charge in [0.1, 0.15) is 0 Å². The third-order valence-electron chi connectivity index (χ3n) is 13.4. The van der Waals surface area contributed by atoms with Gasteiger partial charge in [-0.05, 0) is 79.4 Å². The van der Waals surface area contributed by atoms with Crippen LogP contribution in [0.1, 0.15) is 22.6 Å². The molecule has 2 aliphatic rings. The average molecular weight is 833 g/mol. The van der Waals surface area contributed by atoms with E-state index in [2.05, 4.69) is 271 Å². The van der Waals surface area contributed by atoms with Gasteiger partial charge in [-0.1, -0.05) is 224 Å². The summed E-state index contributed by atoms with van der Waals surface area (Å²) in [5.41, 5.74) is 15.8. The molecule has 0 bridgehead atoms. The first kappa shape index (κ1) is 37.8. The number of fused-ring (bicyclic) bond motifs is 4. The smallest absolute Gasteiger partial charge is 0.179 e. The maximum atomic E-state index is 2.61. The molecule has 0 spiro atoms. The van der Waals surface area contributed by atoms with Gasteiger partial charge in [-0.25, -0.2) is 0 Å². The van der Waals surface area contributed by atoms with Gasteiger partial charge in [-0.2, -0.15) is 0 Å². The number of para-hydroxylation sites is 3. The highest BCUT2D eigenvalue weighted by molar-refractivity contribution is 7.19. The zero-order valence-corrected chi connectivity index (χ0v) is 36.3. The summed E-state index contributed by atoms with van der Waals surface area (Å²) in [6.07, 6.45) is 0. The molecule has 12 rings (SSSR count). The second-order valence-corrected chi connectivity index (χ2v) is 20.6. The number of anilines is 6. The molecule has 0 aromatic heterocycles. The summed E-state index contributed by atoms with van der Waals surface area (Å²) in [6, 6.07) is 96.9. The second kappa shape index (κ2) is 15.7. The first-order valence-electron chi connectivity index (χ1n) is 22.2. The van der Waals surface area contributed by atoms with Gasteiger partial charge in [0.15, 0.2) is 8.07 Å². The highest BCUT2D eigenvalue weighted by Gasteiger charge is 2.45. The number of hydrogen-bond donors (Lipinski definition) is 0. The van der Waals surface area contributed by atoms with Crippen LogP contribution in [0.4, 0.5) is 34.1 Å². The Morgan fingerprint density at radius 1 is 0.266 bits per heavy atom. The monoisotopic (exact) mass is 832 g/mol. The topological polar surface area (TPSA) is 6.48 Å². The Balaban J connectivity index is 1.19. The lowest BCUT2D eigenvalue weighted by Gasteiger charge is -2.46.